The molecule has 1 atom stereocenters. The Bertz CT molecular complexity index is 361. The molecule has 3 nitrogen and oxygen atoms in total. The Morgan fingerprint density at radius 2 is 2.00 bits per heavy atom. The second-order valence-corrected chi connectivity index (χ2v) is 5.34. The Balaban J connectivity index is 2.58. The van der Waals surface area contributed by atoms with Gasteiger partial charge in [-0.2, -0.15) is 0 Å². The highest BCUT2D eigenvalue weighted by Gasteiger charge is 2.22. The summed E-state index contributed by atoms with van der Waals surface area (Å²) < 4.78 is 5.31. The fourth-order valence-electron chi connectivity index (χ4n) is 1.98. The molecule has 2 N–H and O–H groups in total. The first-order valence-electron chi connectivity index (χ1n) is 6.52. The monoisotopic (exact) mass is 251 g/mol. The lowest BCUT2D eigenvalue weighted by Crippen LogP contribution is -2.34. The first-order valence-corrected chi connectivity index (χ1v) is 6.52. The zero-order chi connectivity index (χ0) is 13.6. The van der Waals surface area contributed by atoms with Gasteiger partial charge in [0, 0.05) is 12.5 Å². The molecule has 0 fully saturated rings. The van der Waals surface area contributed by atoms with Gasteiger partial charge in [0.1, 0.15) is 5.75 Å². The van der Waals surface area contributed by atoms with Crippen LogP contribution in [0.1, 0.15) is 32.8 Å². The minimum Gasteiger partial charge on any atom is -0.496 e. The van der Waals surface area contributed by atoms with Crippen molar-refractivity contribution < 1.29 is 9.84 Å². The quantitative estimate of drug-likeness (QED) is 0.782. The lowest BCUT2D eigenvalue weighted by atomic mass is 9.92. The lowest BCUT2D eigenvalue weighted by molar-refractivity contribution is 0.0505. The molecule has 1 aromatic rings. The fraction of sp³-hybridized carbons (Fsp3) is 0.600. The number of hydrogen-bond acceptors (Lipinski definition) is 3. The van der Waals surface area contributed by atoms with E-state index in [-0.39, 0.29) is 0 Å². The smallest absolute Gasteiger partial charge is 0.122 e. The molecule has 0 aliphatic carbocycles. The van der Waals surface area contributed by atoms with Gasteiger partial charge in [-0.25, -0.2) is 0 Å². The van der Waals surface area contributed by atoms with Gasteiger partial charge in [0.15, 0.2) is 0 Å². The van der Waals surface area contributed by atoms with Crippen LogP contribution in [0.5, 0.6) is 5.75 Å². The summed E-state index contributed by atoms with van der Waals surface area (Å²) in [6.45, 7) is 6.91. The van der Waals surface area contributed by atoms with Crippen LogP contribution in [0.2, 0.25) is 0 Å². The highest BCUT2D eigenvalue weighted by Crippen LogP contribution is 2.24. The first kappa shape index (κ1) is 15.0. The summed E-state index contributed by atoms with van der Waals surface area (Å²) in [5, 5.41) is 13.7. The van der Waals surface area contributed by atoms with Crippen LogP contribution in [0.3, 0.4) is 0 Å². The number of methoxy groups -OCH3 is 1. The number of aliphatic hydroxyl groups is 1. The van der Waals surface area contributed by atoms with E-state index in [9.17, 15) is 5.11 Å². The van der Waals surface area contributed by atoms with Crippen molar-refractivity contribution in [2.24, 2.45) is 0 Å². The maximum absolute atomic E-state index is 10.4. The molecule has 0 saturated heterocycles. The maximum Gasteiger partial charge on any atom is 0.122 e. The molecule has 0 aromatic heterocycles. The molecule has 0 spiro atoms. The third-order valence-corrected chi connectivity index (χ3v) is 2.98. The SMILES string of the molecule is COc1ccccc1CC(C)(O)CCNC(C)C. The second kappa shape index (κ2) is 6.76. The van der Waals surface area contributed by atoms with E-state index in [1.165, 1.54) is 0 Å². The van der Waals surface area contributed by atoms with Crippen LogP contribution in [-0.2, 0) is 6.42 Å². The summed E-state index contributed by atoms with van der Waals surface area (Å²) in [6, 6.07) is 8.30. The van der Waals surface area contributed by atoms with Crippen molar-refractivity contribution in [3.63, 3.8) is 0 Å². The van der Waals surface area contributed by atoms with E-state index in [0.29, 0.717) is 12.5 Å². The van der Waals surface area contributed by atoms with Gasteiger partial charge in [0.2, 0.25) is 0 Å². The van der Waals surface area contributed by atoms with Crippen molar-refractivity contribution >= 4 is 0 Å². The lowest BCUT2D eigenvalue weighted by Gasteiger charge is -2.25. The van der Waals surface area contributed by atoms with Crippen molar-refractivity contribution in [3.05, 3.63) is 29.8 Å². The molecule has 0 aliphatic rings. The molecule has 3 heteroatoms. The number of ether oxygens (including phenoxy) is 1. The zero-order valence-electron chi connectivity index (χ0n) is 11.9. The van der Waals surface area contributed by atoms with Crippen molar-refractivity contribution in [3.8, 4) is 5.75 Å². The van der Waals surface area contributed by atoms with Crippen LogP contribution < -0.4 is 10.1 Å². The van der Waals surface area contributed by atoms with Crippen LogP contribution in [0.25, 0.3) is 0 Å². The van der Waals surface area contributed by atoms with E-state index >= 15 is 0 Å². The van der Waals surface area contributed by atoms with Crippen LogP contribution in [-0.4, -0.2) is 30.4 Å². The Labute approximate surface area is 110 Å². The summed E-state index contributed by atoms with van der Waals surface area (Å²) in [7, 11) is 1.66. The molecule has 1 aromatic carbocycles. The van der Waals surface area contributed by atoms with Gasteiger partial charge in [-0.1, -0.05) is 32.0 Å². The number of benzene rings is 1. The largest absolute Gasteiger partial charge is 0.496 e. The highest BCUT2D eigenvalue weighted by molar-refractivity contribution is 5.34. The first-order chi connectivity index (χ1) is 8.44. The van der Waals surface area contributed by atoms with Gasteiger partial charge in [-0.05, 0) is 31.5 Å². The Hall–Kier alpha value is -1.06. The summed E-state index contributed by atoms with van der Waals surface area (Å²) in [4.78, 5) is 0. The number of hydrogen-bond donors (Lipinski definition) is 2. The normalized spacial score (nSPS) is 14.6. The summed E-state index contributed by atoms with van der Waals surface area (Å²) in [6.07, 6.45) is 1.33. The van der Waals surface area contributed by atoms with E-state index in [1.807, 2.05) is 31.2 Å². The Morgan fingerprint density at radius 1 is 1.33 bits per heavy atom. The van der Waals surface area contributed by atoms with Crippen LogP contribution in [0.4, 0.5) is 0 Å². The molecule has 0 radical (unpaired) electrons. The van der Waals surface area contributed by atoms with E-state index in [1.54, 1.807) is 7.11 Å². The molecule has 102 valence electrons. The van der Waals surface area contributed by atoms with Crippen molar-refractivity contribution in [1.82, 2.24) is 5.32 Å². The average molecular weight is 251 g/mol. The highest BCUT2D eigenvalue weighted by atomic mass is 16.5. The minimum absolute atomic E-state index is 0.451. The fourth-order valence-corrected chi connectivity index (χ4v) is 1.98. The van der Waals surface area contributed by atoms with Gasteiger partial charge in [0.25, 0.3) is 0 Å². The molecule has 1 rings (SSSR count). The summed E-state index contributed by atoms with van der Waals surface area (Å²) in [5.74, 6) is 0.842. The second-order valence-electron chi connectivity index (χ2n) is 5.34. The molecule has 0 bridgehead atoms. The third kappa shape index (κ3) is 5.07. The standard InChI is InChI=1S/C15H25NO2/c1-12(2)16-10-9-15(3,17)11-13-7-5-6-8-14(13)18-4/h5-8,12,16-17H,9-11H2,1-4H3. The molecule has 0 heterocycles. The van der Waals surface area contributed by atoms with Crippen molar-refractivity contribution in [2.75, 3.05) is 13.7 Å². The van der Waals surface area contributed by atoms with E-state index < -0.39 is 5.60 Å². The minimum atomic E-state index is -0.712. The van der Waals surface area contributed by atoms with Gasteiger partial charge in [-0.15, -0.1) is 0 Å². The van der Waals surface area contributed by atoms with Crippen molar-refractivity contribution in [1.29, 1.82) is 0 Å². The number of nitrogens with one attached hydrogen (secondary N) is 1. The van der Waals surface area contributed by atoms with Gasteiger partial charge in [-0.3, -0.25) is 0 Å². The van der Waals surface area contributed by atoms with E-state index in [4.69, 9.17) is 4.74 Å². The maximum atomic E-state index is 10.4. The van der Waals surface area contributed by atoms with E-state index in [2.05, 4.69) is 19.2 Å². The number of rotatable bonds is 7. The average Bonchev–Trinajstić information content (AvgIpc) is 2.28. The van der Waals surface area contributed by atoms with Gasteiger partial charge in [0.05, 0.1) is 12.7 Å². The molecular formula is C15H25NO2. The van der Waals surface area contributed by atoms with Gasteiger partial charge < -0.3 is 15.2 Å². The third-order valence-electron chi connectivity index (χ3n) is 2.98. The molecule has 1 unspecified atom stereocenters. The van der Waals surface area contributed by atoms with Crippen LogP contribution in [0.15, 0.2) is 24.3 Å². The zero-order valence-corrected chi connectivity index (χ0v) is 11.9. The van der Waals surface area contributed by atoms with Crippen LogP contribution in [0, 0.1) is 0 Å². The molecule has 0 saturated carbocycles. The summed E-state index contributed by atoms with van der Waals surface area (Å²) >= 11 is 0. The molecule has 18 heavy (non-hydrogen) atoms. The molecule has 0 aliphatic heterocycles. The number of para-hydroxylation sites is 1. The van der Waals surface area contributed by atoms with Crippen LogP contribution >= 0.6 is 0 Å². The Kier molecular flexibility index (Phi) is 5.63. The van der Waals surface area contributed by atoms with Crippen molar-refractivity contribution in [2.45, 2.75) is 45.3 Å². The van der Waals surface area contributed by atoms with E-state index in [0.717, 1.165) is 24.3 Å². The molecule has 0 amide bonds. The summed E-state index contributed by atoms with van der Waals surface area (Å²) in [5.41, 5.74) is 0.339. The van der Waals surface area contributed by atoms with Gasteiger partial charge >= 0.3 is 0 Å². The predicted molar refractivity (Wildman–Crippen MR) is 75.1 cm³/mol. The predicted octanol–water partition coefficient (Wildman–Crippen LogP) is 2.38. The topological polar surface area (TPSA) is 41.5 Å². The Morgan fingerprint density at radius 3 is 2.61 bits per heavy atom. The molecular weight excluding hydrogens is 226 g/mol.